The molecule has 2 aliphatic rings. The van der Waals surface area contributed by atoms with E-state index >= 15 is 0 Å². The first-order chi connectivity index (χ1) is 16.4. The van der Waals surface area contributed by atoms with Gasteiger partial charge >= 0.3 is 0 Å². The van der Waals surface area contributed by atoms with E-state index in [1.54, 1.807) is 9.80 Å². The number of rotatable bonds is 7. The Balaban J connectivity index is 1.53. The van der Waals surface area contributed by atoms with Gasteiger partial charge in [-0.15, -0.1) is 0 Å². The molecule has 0 bridgehead atoms. The molecule has 34 heavy (non-hydrogen) atoms. The minimum atomic E-state index is -0.579. The summed E-state index contributed by atoms with van der Waals surface area (Å²) in [6.45, 7) is 0.229. The number of nitrogens with one attached hydrogen (secondary N) is 2. The number of hydrogen-bond donors (Lipinski definition) is 2. The molecule has 2 aromatic carbocycles. The molecule has 0 saturated carbocycles. The van der Waals surface area contributed by atoms with Gasteiger partial charge in [0, 0.05) is 6.04 Å². The number of benzene rings is 2. The van der Waals surface area contributed by atoms with Crippen LogP contribution in [0.4, 0.5) is 0 Å². The summed E-state index contributed by atoms with van der Waals surface area (Å²) >= 11 is 0. The molecule has 0 aromatic heterocycles. The molecule has 0 spiro atoms. The Bertz CT molecular complexity index is 956. The maximum absolute atomic E-state index is 13.6. The summed E-state index contributed by atoms with van der Waals surface area (Å²) < 4.78 is 0. The second-order valence-electron chi connectivity index (χ2n) is 9.54. The van der Waals surface area contributed by atoms with Crippen LogP contribution in [0.3, 0.4) is 0 Å². The monoisotopic (exact) mass is 462 g/mol. The Hall–Kier alpha value is -3.19. The number of carbonyl (C=O) groups excluding carboxylic acids is 3. The van der Waals surface area contributed by atoms with Crippen LogP contribution in [0, 0.1) is 0 Å². The average molecular weight is 463 g/mol. The van der Waals surface area contributed by atoms with Gasteiger partial charge in [0.05, 0.1) is 12.6 Å². The van der Waals surface area contributed by atoms with Crippen molar-refractivity contribution >= 4 is 17.7 Å². The second kappa shape index (κ2) is 10.8. The van der Waals surface area contributed by atoms with E-state index in [1.807, 2.05) is 74.8 Å². The summed E-state index contributed by atoms with van der Waals surface area (Å²) in [6, 6.07) is 18.4. The van der Waals surface area contributed by atoms with Gasteiger partial charge in [-0.2, -0.15) is 0 Å². The number of fused-ring (bicyclic) bond motifs is 1. The maximum atomic E-state index is 13.6. The van der Waals surface area contributed by atoms with Crippen molar-refractivity contribution in [2.75, 3.05) is 20.6 Å². The molecule has 7 nitrogen and oxygen atoms in total. The summed E-state index contributed by atoms with van der Waals surface area (Å²) in [6.07, 6.45) is 3.76. The first-order valence-electron chi connectivity index (χ1n) is 12.1. The van der Waals surface area contributed by atoms with Crippen LogP contribution in [0.1, 0.15) is 49.3 Å². The number of carbonyl (C=O) groups is 3. The van der Waals surface area contributed by atoms with E-state index in [0.717, 1.165) is 30.4 Å². The van der Waals surface area contributed by atoms with Crippen LogP contribution in [0.15, 0.2) is 60.7 Å². The minimum absolute atomic E-state index is 0.0471. The lowest BCUT2D eigenvalue weighted by Crippen LogP contribution is -2.55. The van der Waals surface area contributed by atoms with Crippen LogP contribution in [-0.2, 0) is 14.4 Å². The Morgan fingerprint density at radius 3 is 2.15 bits per heavy atom. The lowest BCUT2D eigenvalue weighted by Gasteiger charge is -2.32. The van der Waals surface area contributed by atoms with Crippen molar-refractivity contribution in [3.8, 4) is 0 Å². The van der Waals surface area contributed by atoms with E-state index in [1.165, 1.54) is 0 Å². The predicted octanol–water partition coefficient (Wildman–Crippen LogP) is 2.48. The second-order valence-corrected chi connectivity index (χ2v) is 9.54. The van der Waals surface area contributed by atoms with E-state index in [4.69, 9.17) is 0 Å². The van der Waals surface area contributed by atoms with Crippen LogP contribution in [0.5, 0.6) is 0 Å². The highest BCUT2D eigenvalue weighted by Gasteiger charge is 2.45. The number of likely N-dealkylation sites (N-methyl/N-ethyl adjacent to an activating group) is 1. The molecule has 0 unspecified atom stereocenters. The first kappa shape index (κ1) is 24.0. The molecular weight excluding hydrogens is 428 g/mol. The molecule has 0 aliphatic carbocycles. The summed E-state index contributed by atoms with van der Waals surface area (Å²) in [5, 5.41) is 6.12. The van der Waals surface area contributed by atoms with Crippen LogP contribution in [0.25, 0.3) is 0 Å². The largest absolute Gasteiger partial charge is 0.343 e. The third-order valence-corrected chi connectivity index (χ3v) is 6.74. The van der Waals surface area contributed by atoms with Gasteiger partial charge in [0.25, 0.3) is 0 Å². The van der Waals surface area contributed by atoms with E-state index in [9.17, 15) is 14.4 Å². The summed E-state index contributed by atoms with van der Waals surface area (Å²) in [5.74, 6) is -0.452. The fourth-order valence-electron chi connectivity index (χ4n) is 5.17. The molecule has 2 N–H and O–H groups in total. The van der Waals surface area contributed by atoms with Crippen LogP contribution in [-0.4, -0.2) is 66.3 Å². The van der Waals surface area contributed by atoms with Crippen LogP contribution in [0.2, 0.25) is 0 Å². The maximum Gasteiger partial charge on any atom is 0.246 e. The zero-order chi connectivity index (χ0) is 24.1. The Morgan fingerprint density at radius 2 is 1.56 bits per heavy atom. The van der Waals surface area contributed by atoms with Gasteiger partial charge in [0.15, 0.2) is 0 Å². The molecule has 3 atom stereocenters. The number of nitrogens with zero attached hydrogens (tertiary/aromatic N) is 2. The molecular formula is C27H34N4O3. The van der Waals surface area contributed by atoms with E-state index in [-0.39, 0.29) is 36.3 Å². The zero-order valence-electron chi connectivity index (χ0n) is 19.9. The third-order valence-electron chi connectivity index (χ3n) is 6.74. The van der Waals surface area contributed by atoms with Crippen molar-refractivity contribution in [1.29, 1.82) is 0 Å². The molecule has 0 radical (unpaired) electrons. The molecule has 4 rings (SSSR count). The van der Waals surface area contributed by atoms with Gasteiger partial charge in [-0.05, 0) is 57.3 Å². The topological polar surface area (TPSA) is 81.8 Å². The Kier molecular flexibility index (Phi) is 7.63. The van der Waals surface area contributed by atoms with Gasteiger partial charge in [-0.3, -0.25) is 14.4 Å². The van der Waals surface area contributed by atoms with E-state index in [0.29, 0.717) is 12.8 Å². The number of hydrogen-bond acceptors (Lipinski definition) is 4. The van der Waals surface area contributed by atoms with Crippen molar-refractivity contribution < 1.29 is 14.4 Å². The average Bonchev–Trinajstić information content (AvgIpc) is 3.19. The molecule has 3 amide bonds. The van der Waals surface area contributed by atoms with Crippen LogP contribution < -0.4 is 10.6 Å². The molecule has 2 fully saturated rings. The summed E-state index contributed by atoms with van der Waals surface area (Å²) in [5.41, 5.74) is 1.99. The fourth-order valence-corrected chi connectivity index (χ4v) is 5.17. The third kappa shape index (κ3) is 5.47. The van der Waals surface area contributed by atoms with Gasteiger partial charge < -0.3 is 20.4 Å². The molecule has 2 aromatic rings. The lowest BCUT2D eigenvalue weighted by atomic mass is 9.98. The van der Waals surface area contributed by atoms with E-state index in [2.05, 4.69) is 10.6 Å². The van der Waals surface area contributed by atoms with E-state index < -0.39 is 12.1 Å². The molecule has 180 valence electrons. The standard InChI is InChI=1S/C27H34N4O3/c1-30(2)18-24(32)28-22-15-9-14-21-16-17-23(31(21)27(22)34)26(33)29-25(19-10-5-3-6-11-19)20-12-7-4-8-13-20/h3-8,10-13,21-23,25H,9,14-18H2,1-2H3,(H,28,32)(H,29,33)/t21-,22-,23-/m0/s1. The van der Waals surface area contributed by atoms with Crippen molar-refractivity contribution in [2.45, 2.75) is 56.3 Å². The Labute approximate surface area is 201 Å². The van der Waals surface area contributed by atoms with Gasteiger partial charge in [-0.25, -0.2) is 0 Å². The van der Waals surface area contributed by atoms with Crippen LogP contribution >= 0.6 is 0 Å². The minimum Gasteiger partial charge on any atom is -0.343 e. The summed E-state index contributed by atoms with van der Waals surface area (Å²) in [4.78, 5) is 43.0. The predicted molar refractivity (Wildman–Crippen MR) is 131 cm³/mol. The highest BCUT2D eigenvalue weighted by Crippen LogP contribution is 2.33. The molecule has 2 heterocycles. The highest BCUT2D eigenvalue weighted by atomic mass is 16.2. The smallest absolute Gasteiger partial charge is 0.246 e. The summed E-state index contributed by atoms with van der Waals surface area (Å²) in [7, 11) is 3.64. The fraction of sp³-hybridized carbons (Fsp3) is 0.444. The van der Waals surface area contributed by atoms with Gasteiger partial charge in [0.1, 0.15) is 12.1 Å². The van der Waals surface area contributed by atoms with Gasteiger partial charge in [0.2, 0.25) is 17.7 Å². The van der Waals surface area contributed by atoms with Crippen molar-refractivity contribution in [1.82, 2.24) is 20.4 Å². The molecule has 7 heteroatoms. The molecule has 2 aliphatic heterocycles. The number of amides is 3. The van der Waals surface area contributed by atoms with Gasteiger partial charge in [-0.1, -0.05) is 60.7 Å². The molecule has 2 saturated heterocycles. The Morgan fingerprint density at radius 1 is 0.941 bits per heavy atom. The SMILES string of the molecule is CN(C)CC(=O)N[C@H]1CCC[C@H]2CC[C@@H](C(=O)NC(c3ccccc3)c3ccccc3)N2C1=O. The normalized spacial score (nSPS) is 22.4. The zero-order valence-corrected chi connectivity index (χ0v) is 19.9. The first-order valence-corrected chi connectivity index (χ1v) is 12.1. The lowest BCUT2D eigenvalue weighted by molar-refractivity contribution is -0.142. The van der Waals surface area contributed by atoms with Crippen molar-refractivity contribution in [3.63, 3.8) is 0 Å². The van der Waals surface area contributed by atoms with Crippen molar-refractivity contribution in [2.24, 2.45) is 0 Å². The van der Waals surface area contributed by atoms with Crippen molar-refractivity contribution in [3.05, 3.63) is 71.8 Å². The highest BCUT2D eigenvalue weighted by molar-refractivity contribution is 5.93. The quantitative estimate of drug-likeness (QED) is 0.663.